The van der Waals surface area contributed by atoms with Crippen LogP contribution in [0.1, 0.15) is 30.9 Å². The van der Waals surface area contributed by atoms with E-state index in [0.29, 0.717) is 29.1 Å². The molecule has 0 bridgehead atoms. The van der Waals surface area contributed by atoms with Crippen molar-refractivity contribution < 1.29 is 29.1 Å². The highest BCUT2D eigenvalue weighted by Gasteiger charge is 2.38. The highest BCUT2D eigenvalue weighted by molar-refractivity contribution is 7.99. The summed E-state index contributed by atoms with van der Waals surface area (Å²) in [4.78, 5) is 37.9. The third-order valence-corrected chi connectivity index (χ3v) is 6.70. The number of dihydropyridines is 1. The number of carbonyl (C=O) groups excluding carboxylic acids is 2. The van der Waals surface area contributed by atoms with Gasteiger partial charge in [-0.2, -0.15) is 0 Å². The summed E-state index contributed by atoms with van der Waals surface area (Å²) < 4.78 is 10.6. The normalized spacial score (nSPS) is 15.4. The summed E-state index contributed by atoms with van der Waals surface area (Å²) in [6.45, 7) is 3.60. The SMILES string of the molecule is COC(=O)C1=C(C)NC(C)=C(C(=O)OCCc2ccc(SCCO)cc2)C1c1cccc([N+](=O)[O-])c1. The van der Waals surface area contributed by atoms with Crippen LogP contribution < -0.4 is 5.32 Å². The predicted octanol–water partition coefficient (Wildman–Crippen LogP) is 3.87. The van der Waals surface area contributed by atoms with Gasteiger partial charge < -0.3 is 19.9 Å². The average molecular weight is 513 g/mol. The minimum absolute atomic E-state index is 0.107. The van der Waals surface area contributed by atoms with Crippen LogP contribution in [-0.2, 0) is 25.5 Å². The molecule has 1 aliphatic heterocycles. The molecule has 0 saturated carbocycles. The molecule has 0 aromatic heterocycles. The quantitative estimate of drug-likeness (QED) is 0.211. The molecule has 1 atom stereocenters. The van der Waals surface area contributed by atoms with E-state index in [1.807, 2.05) is 24.3 Å². The Morgan fingerprint density at radius 2 is 1.75 bits per heavy atom. The fourth-order valence-electron chi connectivity index (χ4n) is 4.05. The first-order valence-electron chi connectivity index (χ1n) is 11.3. The Balaban J connectivity index is 1.84. The Morgan fingerprint density at radius 3 is 2.36 bits per heavy atom. The summed E-state index contributed by atoms with van der Waals surface area (Å²) in [5.74, 6) is -1.55. The largest absolute Gasteiger partial charge is 0.466 e. The lowest BCUT2D eigenvalue weighted by molar-refractivity contribution is -0.384. The second-order valence-electron chi connectivity index (χ2n) is 8.08. The second-order valence-corrected chi connectivity index (χ2v) is 9.25. The second kappa shape index (κ2) is 12.4. The lowest BCUT2D eigenvalue weighted by atomic mass is 9.80. The van der Waals surface area contributed by atoms with Gasteiger partial charge in [-0.3, -0.25) is 10.1 Å². The lowest BCUT2D eigenvalue weighted by Gasteiger charge is -2.30. The Bertz CT molecular complexity index is 1210. The zero-order valence-electron chi connectivity index (χ0n) is 20.3. The molecule has 1 heterocycles. The summed E-state index contributed by atoms with van der Waals surface area (Å²) in [5.41, 5.74) is 2.60. The van der Waals surface area contributed by atoms with Gasteiger partial charge >= 0.3 is 11.9 Å². The zero-order chi connectivity index (χ0) is 26.2. The molecule has 2 N–H and O–H groups in total. The fraction of sp³-hybridized carbons (Fsp3) is 0.308. The van der Waals surface area contributed by atoms with E-state index in [0.717, 1.165) is 10.5 Å². The number of thioether (sulfide) groups is 1. The molecule has 0 aliphatic carbocycles. The van der Waals surface area contributed by atoms with Gasteiger partial charge in [0.15, 0.2) is 0 Å². The molecule has 1 unspecified atom stereocenters. The van der Waals surface area contributed by atoms with Crippen molar-refractivity contribution >= 4 is 29.4 Å². The van der Waals surface area contributed by atoms with Gasteiger partial charge in [-0.1, -0.05) is 24.3 Å². The minimum atomic E-state index is -0.895. The number of hydrogen-bond donors (Lipinski definition) is 2. The van der Waals surface area contributed by atoms with Gasteiger partial charge in [-0.25, -0.2) is 9.59 Å². The molecule has 2 aromatic rings. The average Bonchev–Trinajstić information content (AvgIpc) is 2.87. The number of aliphatic hydroxyl groups is 1. The van der Waals surface area contributed by atoms with E-state index < -0.39 is 22.8 Å². The monoisotopic (exact) mass is 512 g/mol. The first kappa shape index (κ1) is 27.0. The molecule has 0 amide bonds. The number of nitrogens with one attached hydrogen (secondary N) is 1. The number of ether oxygens (including phenoxy) is 2. The first-order valence-corrected chi connectivity index (χ1v) is 12.3. The molecule has 190 valence electrons. The van der Waals surface area contributed by atoms with Crippen molar-refractivity contribution in [2.45, 2.75) is 31.1 Å². The van der Waals surface area contributed by atoms with Crippen LogP contribution in [0.5, 0.6) is 0 Å². The van der Waals surface area contributed by atoms with E-state index in [2.05, 4.69) is 5.32 Å². The summed E-state index contributed by atoms with van der Waals surface area (Å²) in [6, 6.07) is 13.6. The predicted molar refractivity (Wildman–Crippen MR) is 135 cm³/mol. The number of esters is 2. The van der Waals surface area contributed by atoms with E-state index in [1.165, 1.54) is 25.3 Å². The van der Waals surface area contributed by atoms with Crippen LogP contribution in [0.2, 0.25) is 0 Å². The smallest absolute Gasteiger partial charge is 0.336 e. The van der Waals surface area contributed by atoms with Gasteiger partial charge in [0.1, 0.15) is 0 Å². The van der Waals surface area contributed by atoms with Gasteiger partial charge in [0.2, 0.25) is 0 Å². The Hall–Kier alpha value is -3.63. The van der Waals surface area contributed by atoms with Crippen LogP contribution in [0, 0.1) is 10.1 Å². The summed E-state index contributed by atoms with van der Waals surface area (Å²) >= 11 is 1.55. The number of non-ortho nitro benzene ring substituents is 1. The number of rotatable bonds is 10. The van der Waals surface area contributed by atoms with Crippen LogP contribution in [0.3, 0.4) is 0 Å². The van der Waals surface area contributed by atoms with Crippen molar-refractivity contribution in [2.75, 3.05) is 26.1 Å². The van der Waals surface area contributed by atoms with Gasteiger partial charge in [0.05, 0.1) is 42.3 Å². The van der Waals surface area contributed by atoms with Crippen molar-refractivity contribution in [3.05, 3.63) is 92.3 Å². The molecule has 3 rings (SSSR count). The molecule has 10 heteroatoms. The number of allylic oxidation sites excluding steroid dienone is 2. The molecule has 0 radical (unpaired) electrons. The lowest BCUT2D eigenvalue weighted by Crippen LogP contribution is -2.32. The molecular weight excluding hydrogens is 484 g/mol. The van der Waals surface area contributed by atoms with Crippen LogP contribution in [0.15, 0.2) is 76.0 Å². The van der Waals surface area contributed by atoms with Crippen molar-refractivity contribution in [1.29, 1.82) is 0 Å². The maximum Gasteiger partial charge on any atom is 0.336 e. The summed E-state index contributed by atoms with van der Waals surface area (Å²) in [6.07, 6.45) is 0.483. The first-order chi connectivity index (χ1) is 17.3. The van der Waals surface area contributed by atoms with E-state index >= 15 is 0 Å². The maximum atomic E-state index is 13.3. The third kappa shape index (κ3) is 6.32. The summed E-state index contributed by atoms with van der Waals surface area (Å²) in [5, 5.41) is 23.4. The van der Waals surface area contributed by atoms with E-state index in [-0.39, 0.29) is 30.0 Å². The van der Waals surface area contributed by atoms with Gasteiger partial charge in [-0.15, -0.1) is 11.8 Å². The van der Waals surface area contributed by atoms with Crippen LogP contribution in [0.4, 0.5) is 5.69 Å². The van der Waals surface area contributed by atoms with Crippen molar-refractivity contribution in [1.82, 2.24) is 5.32 Å². The number of nitrogens with zero attached hydrogens (tertiary/aromatic N) is 1. The molecule has 2 aromatic carbocycles. The Morgan fingerprint density at radius 1 is 1.08 bits per heavy atom. The van der Waals surface area contributed by atoms with Gasteiger partial charge in [0, 0.05) is 40.6 Å². The number of methoxy groups -OCH3 is 1. The third-order valence-electron chi connectivity index (χ3n) is 5.71. The number of nitro benzene ring substituents is 1. The van der Waals surface area contributed by atoms with Gasteiger partial charge in [-0.05, 0) is 37.1 Å². The molecule has 0 saturated heterocycles. The number of hydrogen-bond acceptors (Lipinski definition) is 9. The highest BCUT2D eigenvalue weighted by atomic mass is 32.2. The fourth-order valence-corrected chi connectivity index (χ4v) is 4.71. The van der Waals surface area contributed by atoms with Crippen LogP contribution in [0.25, 0.3) is 0 Å². The standard InChI is InChI=1S/C26H28N2O7S/c1-16-22(25(30)34-3)24(19-5-4-6-20(15-19)28(32)33)23(17(2)27-16)26(31)35-13-11-18-7-9-21(10-8-18)36-14-12-29/h4-10,15,24,27,29H,11-14H2,1-3H3. The number of nitro groups is 1. The van der Waals surface area contributed by atoms with E-state index in [9.17, 15) is 19.7 Å². The Labute approximate surface area is 213 Å². The molecule has 0 fully saturated rings. The maximum absolute atomic E-state index is 13.3. The van der Waals surface area contributed by atoms with Crippen molar-refractivity contribution in [3.8, 4) is 0 Å². The molecule has 1 aliphatic rings. The summed E-state index contributed by atoms with van der Waals surface area (Å²) in [7, 11) is 1.24. The van der Waals surface area contributed by atoms with Gasteiger partial charge in [0.25, 0.3) is 5.69 Å². The Kier molecular flexibility index (Phi) is 9.26. The number of carbonyl (C=O) groups is 2. The zero-order valence-corrected chi connectivity index (χ0v) is 21.1. The highest BCUT2D eigenvalue weighted by Crippen LogP contribution is 2.40. The van der Waals surface area contributed by atoms with E-state index in [1.54, 1.807) is 31.7 Å². The van der Waals surface area contributed by atoms with Crippen LogP contribution in [-0.4, -0.2) is 48.0 Å². The molecule has 9 nitrogen and oxygen atoms in total. The van der Waals surface area contributed by atoms with Crippen molar-refractivity contribution in [2.24, 2.45) is 0 Å². The molecule has 0 spiro atoms. The number of aliphatic hydroxyl groups excluding tert-OH is 1. The molecular formula is C26H28N2O7S. The minimum Gasteiger partial charge on any atom is -0.466 e. The number of benzene rings is 2. The topological polar surface area (TPSA) is 128 Å². The van der Waals surface area contributed by atoms with E-state index in [4.69, 9.17) is 14.6 Å². The van der Waals surface area contributed by atoms with Crippen molar-refractivity contribution in [3.63, 3.8) is 0 Å². The van der Waals surface area contributed by atoms with Crippen LogP contribution >= 0.6 is 11.8 Å². The molecule has 36 heavy (non-hydrogen) atoms.